The number of hydrogen-bond acceptors (Lipinski definition) is 3. The van der Waals surface area contributed by atoms with Crippen LogP contribution in [-0.2, 0) is 6.54 Å². The molecule has 1 atom stereocenters. The zero-order valence-corrected chi connectivity index (χ0v) is 12.8. The number of likely N-dealkylation sites (tertiary alicyclic amines) is 1. The molecule has 1 fully saturated rings. The van der Waals surface area contributed by atoms with Gasteiger partial charge in [0.25, 0.3) is 0 Å². The number of nitrogens with zero attached hydrogens (tertiary/aromatic N) is 1. The van der Waals surface area contributed by atoms with Crippen LogP contribution < -0.4 is 10.5 Å². The SMILES string of the molecule is Cl.NC1CCN(Cc2cccc(Oc3ccccc3)c2)C1. The van der Waals surface area contributed by atoms with Crippen molar-refractivity contribution in [1.29, 1.82) is 0 Å². The van der Waals surface area contributed by atoms with Crippen molar-refractivity contribution in [1.82, 2.24) is 4.90 Å². The standard InChI is InChI=1S/C17H20N2O.ClH/c18-15-9-10-19(13-15)12-14-5-4-8-17(11-14)20-16-6-2-1-3-7-16;/h1-8,11,15H,9-10,12-13,18H2;1H. The smallest absolute Gasteiger partial charge is 0.127 e. The lowest BCUT2D eigenvalue weighted by atomic mass is 10.2. The molecule has 1 aliphatic rings. The second-order valence-electron chi connectivity index (χ2n) is 5.35. The molecule has 2 aromatic carbocycles. The molecular formula is C17H21ClN2O. The molecule has 112 valence electrons. The molecule has 1 aliphatic heterocycles. The van der Waals surface area contributed by atoms with Crippen molar-refractivity contribution in [3.63, 3.8) is 0 Å². The van der Waals surface area contributed by atoms with Crippen LogP contribution in [0.2, 0.25) is 0 Å². The van der Waals surface area contributed by atoms with Crippen LogP contribution in [0.3, 0.4) is 0 Å². The van der Waals surface area contributed by atoms with E-state index in [-0.39, 0.29) is 12.4 Å². The largest absolute Gasteiger partial charge is 0.457 e. The van der Waals surface area contributed by atoms with Gasteiger partial charge in [-0.1, -0.05) is 30.3 Å². The van der Waals surface area contributed by atoms with E-state index in [1.807, 2.05) is 42.5 Å². The fourth-order valence-electron chi connectivity index (χ4n) is 2.60. The number of ether oxygens (including phenoxy) is 1. The van der Waals surface area contributed by atoms with Crippen molar-refractivity contribution in [3.05, 3.63) is 60.2 Å². The van der Waals surface area contributed by atoms with Crippen LogP contribution in [0, 0.1) is 0 Å². The van der Waals surface area contributed by atoms with E-state index in [2.05, 4.69) is 17.0 Å². The van der Waals surface area contributed by atoms with Gasteiger partial charge in [0.1, 0.15) is 11.5 Å². The van der Waals surface area contributed by atoms with Gasteiger partial charge in [-0.25, -0.2) is 0 Å². The van der Waals surface area contributed by atoms with Gasteiger partial charge >= 0.3 is 0 Å². The normalized spacial score (nSPS) is 18.2. The second kappa shape index (κ2) is 7.46. The first-order valence-corrected chi connectivity index (χ1v) is 7.09. The third kappa shape index (κ3) is 4.46. The molecule has 0 aromatic heterocycles. The summed E-state index contributed by atoms with van der Waals surface area (Å²) >= 11 is 0. The Bertz CT molecular complexity index is 562. The van der Waals surface area contributed by atoms with Gasteiger partial charge in [0, 0.05) is 25.7 Å². The maximum atomic E-state index is 5.94. The Morgan fingerprint density at radius 2 is 1.81 bits per heavy atom. The minimum absolute atomic E-state index is 0. The second-order valence-corrected chi connectivity index (χ2v) is 5.35. The van der Waals surface area contributed by atoms with Gasteiger partial charge in [-0.05, 0) is 36.2 Å². The summed E-state index contributed by atoms with van der Waals surface area (Å²) in [5.41, 5.74) is 7.22. The zero-order chi connectivity index (χ0) is 13.8. The molecule has 1 heterocycles. The average Bonchev–Trinajstić information content (AvgIpc) is 2.86. The number of hydrogen-bond donors (Lipinski definition) is 1. The summed E-state index contributed by atoms with van der Waals surface area (Å²) in [6, 6.07) is 18.5. The van der Waals surface area contributed by atoms with Crippen LogP contribution in [0.4, 0.5) is 0 Å². The third-order valence-electron chi connectivity index (χ3n) is 3.59. The van der Waals surface area contributed by atoms with E-state index in [0.717, 1.165) is 37.6 Å². The molecule has 21 heavy (non-hydrogen) atoms. The number of para-hydroxylation sites is 1. The number of rotatable bonds is 4. The fraction of sp³-hybridized carbons (Fsp3) is 0.294. The molecular weight excluding hydrogens is 284 g/mol. The molecule has 1 saturated heterocycles. The van der Waals surface area contributed by atoms with Crippen molar-refractivity contribution in [3.8, 4) is 11.5 Å². The monoisotopic (exact) mass is 304 g/mol. The zero-order valence-electron chi connectivity index (χ0n) is 11.9. The van der Waals surface area contributed by atoms with E-state index < -0.39 is 0 Å². The summed E-state index contributed by atoms with van der Waals surface area (Å²) in [5.74, 6) is 1.75. The summed E-state index contributed by atoms with van der Waals surface area (Å²) < 4.78 is 5.86. The highest BCUT2D eigenvalue weighted by Crippen LogP contribution is 2.23. The Balaban J connectivity index is 0.00000161. The summed E-state index contributed by atoms with van der Waals surface area (Å²) in [6.45, 7) is 3.02. The highest BCUT2D eigenvalue weighted by atomic mass is 35.5. The lowest BCUT2D eigenvalue weighted by Crippen LogP contribution is -2.26. The first-order chi connectivity index (χ1) is 9.79. The van der Waals surface area contributed by atoms with Crippen molar-refractivity contribution < 1.29 is 4.74 Å². The molecule has 0 aliphatic carbocycles. The van der Waals surface area contributed by atoms with Crippen molar-refractivity contribution in [2.75, 3.05) is 13.1 Å². The molecule has 4 heteroatoms. The molecule has 3 rings (SSSR count). The minimum atomic E-state index is 0. The maximum Gasteiger partial charge on any atom is 0.127 e. The Morgan fingerprint density at radius 3 is 2.52 bits per heavy atom. The predicted octanol–water partition coefficient (Wildman–Crippen LogP) is 3.43. The topological polar surface area (TPSA) is 38.5 Å². The van der Waals surface area contributed by atoms with Crippen molar-refractivity contribution in [2.24, 2.45) is 5.73 Å². The molecule has 1 unspecified atom stereocenters. The van der Waals surface area contributed by atoms with Crippen molar-refractivity contribution >= 4 is 12.4 Å². The summed E-state index contributed by atoms with van der Waals surface area (Å²) in [7, 11) is 0. The summed E-state index contributed by atoms with van der Waals surface area (Å²) in [4.78, 5) is 2.40. The van der Waals surface area contributed by atoms with E-state index in [0.29, 0.717) is 6.04 Å². The van der Waals surface area contributed by atoms with Gasteiger partial charge in [0.2, 0.25) is 0 Å². The van der Waals surface area contributed by atoms with Crippen molar-refractivity contribution in [2.45, 2.75) is 19.0 Å². The first kappa shape index (κ1) is 15.8. The van der Waals surface area contributed by atoms with Gasteiger partial charge in [-0.15, -0.1) is 12.4 Å². The Hall–Kier alpha value is -1.55. The van der Waals surface area contributed by atoms with Crippen LogP contribution >= 0.6 is 12.4 Å². The maximum absolute atomic E-state index is 5.94. The summed E-state index contributed by atoms with van der Waals surface area (Å²) in [6.07, 6.45) is 1.10. The molecule has 0 spiro atoms. The van der Waals surface area contributed by atoms with Crippen LogP contribution in [0.25, 0.3) is 0 Å². The predicted molar refractivity (Wildman–Crippen MR) is 88.1 cm³/mol. The molecule has 3 nitrogen and oxygen atoms in total. The number of nitrogens with two attached hydrogens (primary N) is 1. The summed E-state index contributed by atoms with van der Waals surface area (Å²) in [5, 5.41) is 0. The van der Waals surface area contributed by atoms with Gasteiger partial charge < -0.3 is 10.5 Å². The van der Waals surface area contributed by atoms with E-state index >= 15 is 0 Å². The molecule has 2 N–H and O–H groups in total. The lowest BCUT2D eigenvalue weighted by molar-refractivity contribution is 0.326. The Morgan fingerprint density at radius 1 is 1.05 bits per heavy atom. The third-order valence-corrected chi connectivity index (χ3v) is 3.59. The van der Waals surface area contributed by atoms with Crippen LogP contribution in [-0.4, -0.2) is 24.0 Å². The Labute approximate surface area is 132 Å². The van der Waals surface area contributed by atoms with Gasteiger partial charge in [-0.2, -0.15) is 0 Å². The van der Waals surface area contributed by atoms with Gasteiger partial charge in [-0.3, -0.25) is 4.90 Å². The highest BCUT2D eigenvalue weighted by Gasteiger charge is 2.18. The van der Waals surface area contributed by atoms with E-state index in [1.165, 1.54) is 5.56 Å². The van der Waals surface area contributed by atoms with E-state index in [9.17, 15) is 0 Å². The van der Waals surface area contributed by atoms with Crippen LogP contribution in [0.5, 0.6) is 11.5 Å². The first-order valence-electron chi connectivity index (χ1n) is 7.09. The fourth-order valence-corrected chi connectivity index (χ4v) is 2.60. The molecule has 0 bridgehead atoms. The Kier molecular flexibility index (Phi) is 5.62. The average molecular weight is 305 g/mol. The molecule has 2 aromatic rings. The van der Waals surface area contributed by atoms with Crippen LogP contribution in [0.15, 0.2) is 54.6 Å². The molecule has 0 saturated carbocycles. The molecule has 0 amide bonds. The number of halogens is 1. The molecule has 0 radical (unpaired) electrons. The minimum Gasteiger partial charge on any atom is -0.457 e. The van der Waals surface area contributed by atoms with E-state index in [1.54, 1.807) is 0 Å². The quantitative estimate of drug-likeness (QED) is 0.940. The van der Waals surface area contributed by atoms with E-state index in [4.69, 9.17) is 10.5 Å². The van der Waals surface area contributed by atoms with Crippen LogP contribution in [0.1, 0.15) is 12.0 Å². The number of benzene rings is 2. The lowest BCUT2D eigenvalue weighted by Gasteiger charge is -2.15. The van der Waals surface area contributed by atoms with Gasteiger partial charge in [0.05, 0.1) is 0 Å². The highest BCUT2D eigenvalue weighted by molar-refractivity contribution is 5.85. The van der Waals surface area contributed by atoms with Gasteiger partial charge in [0.15, 0.2) is 0 Å².